The second-order valence-electron chi connectivity index (χ2n) is 8.16. The van der Waals surface area contributed by atoms with Gasteiger partial charge in [-0.15, -0.1) is 0 Å². The second-order valence-corrected chi connectivity index (χ2v) is 10.1. The fraction of sp³-hybridized carbons (Fsp3) is 0.409. The Kier molecular flexibility index (Phi) is 5.45. The van der Waals surface area contributed by atoms with Crippen molar-refractivity contribution in [1.82, 2.24) is 9.88 Å². The Morgan fingerprint density at radius 1 is 1.29 bits per heavy atom. The molecule has 8 nitrogen and oxygen atoms in total. The van der Waals surface area contributed by atoms with E-state index < -0.39 is 15.3 Å². The zero-order valence-corrected chi connectivity index (χ0v) is 18.3. The first-order chi connectivity index (χ1) is 14.7. The summed E-state index contributed by atoms with van der Waals surface area (Å²) in [5.41, 5.74) is 2.29. The van der Waals surface area contributed by atoms with E-state index in [4.69, 9.17) is 4.74 Å². The molecule has 2 aromatic rings. The number of amides is 1. The van der Waals surface area contributed by atoms with E-state index in [0.717, 1.165) is 30.6 Å². The highest BCUT2D eigenvalue weighted by Crippen LogP contribution is 2.45. The predicted octanol–water partition coefficient (Wildman–Crippen LogP) is 2.03. The number of nitrogens with one attached hydrogen (secondary N) is 1. The molecule has 1 saturated heterocycles. The Bertz CT molecular complexity index is 1180. The van der Waals surface area contributed by atoms with Crippen LogP contribution in [0.2, 0.25) is 0 Å². The van der Waals surface area contributed by atoms with E-state index in [1.54, 1.807) is 19.1 Å². The number of carbonyl (C=O) groups excluding carboxylic acids is 1. The minimum absolute atomic E-state index is 0.0148. The molecular formula is C22H24N4O4S. The van der Waals surface area contributed by atoms with Crippen LogP contribution < -0.4 is 10.1 Å². The summed E-state index contributed by atoms with van der Waals surface area (Å²) in [6.45, 7) is 4.32. The van der Waals surface area contributed by atoms with Crippen molar-refractivity contribution in [3.8, 4) is 11.8 Å². The Morgan fingerprint density at radius 2 is 2.03 bits per heavy atom. The summed E-state index contributed by atoms with van der Waals surface area (Å²) in [4.78, 5) is 19.0. The predicted molar refractivity (Wildman–Crippen MR) is 115 cm³/mol. The van der Waals surface area contributed by atoms with E-state index in [-0.39, 0.29) is 10.9 Å². The third-order valence-corrected chi connectivity index (χ3v) is 7.22. The van der Waals surface area contributed by atoms with Gasteiger partial charge in [0.05, 0.1) is 23.2 Å². The number of likely N-dealkylation sites (tertiary alicyclic amines) is 1. The van der Waals surface area contributed by atoms with Crippen LogP contribution in [-0.2, 0) is 20.0 Å². The number of ether oxygens (including phenoxy) is 1. The van der Waals surface area contributed by atoms with Gasteiger partial charge in [0, 0.05) is 18.5 Å². The number of pyridine rings is 1. The van der Waals surface area contributed by atoms with Gasteiger partial charge in [0.25, 0.3) is 0 Å². The minimum Gasteiger partial charge on any atom is -0.491 e. The average molecular weight is 441 g/mol. The summed E-state index contributed by atoms with van der Waals surface area (Å²) < 4.78 is 29.1. The molecule has 1 N–H and O–H groups in total. The lowest BCUT2D eigenvalue weighted by molar-refractivity contribution is -0.122. The molecule has 2 aliphatic rings. The van der Waals surface area contributed by atoms with Crippen molar-refractivity contribution in [2.45, 2.75) is 30.2 Å². The molecule has 0 unspecified atom stereocenters. The minimum atomic E-state index is -3.35. The van der Waals surface area contributed by atoms with Gasteiger partial charge < -0.3 is 10.1 Å². The monoisotopic (exact) mass is 440 g/mol. The highest BCUT2D eigenvalue weighted by molar-refractivity contribution is 7.90. The molecule has 0 bridgehead atoms. The summed E-state index contributed by atoms with van der Waals surface area (Å²) >= 11 is 0. The number of aryl methyl sites for hydroxylation is 1. The largest absolute Gasteiger partial charge is 0.491 e. The lowest BCUT2D eigenvalue weighted by atomic mass is 9.73. The summed E-state index contributed by atoms with van der Waals surface area (Å²) in [6, 6.07) is 9.21. The molecular weight excluding hydrogens is 416 g/mol. The zero-order chi connectivity index (χ0) is 22.2. The molecule has 0 saturated carbocycles. The first-order valence-corrected chi connectivity index (χ1v) is 12.0. The molecule has 2 aliphatic heterocycles. The highest BCUT2D eigenvalue weighted by Gasteiger charge is 2.48. The molecule has 1 aromatic carbocycles. The average Bonchev–Trinajstić information content (AvgIpc) is 2.99. The van der Waals surface area contributed by atoms with Gasteiger partial charge in [0.15, 0.2) is 14.9 Å². The topological polar surface area (TPSA) is 112 Å². The maximum absolute atomic E-state index is 12.8. The number of fused-ring (bicyclic) bond motifs is 2. The van der Waals surface area contributed by atoms with Gasteiger partial charge in [-0.05, 0) is 68.2 Å². The second kappa shape index (κ2) is 7.94. The molecule has 4 rings (SSSR count). The molecule has 1 spiro atoms. The van der Waals surface area contributed by atoms with Crippen molar-refractivity contribution in [2.75, 3.05) is 37.8 Å². The lowest BCUT2D eigenvalue weighted by Gasteiger charge is -2.37. The molecule has 0 atom stereocenters. The first-order valence-electron chi connectivity index (χ1n) is 10.1. The van der Waals surface area contributed by atoms with Crippen LogP contribution in [-0.4, -0.2) is 56.7 Å². The quantitative estimate of drug-likeness (QED) is 0.757. The van der Waals surface area contributed by atoms with Crippen LogP contribution in [0.4, 0.5) is 5.69 Å². The Morgan fingerprint density at radius 3 is 2.68 bits per heavy atom. The van der Waals surface area contributed by atoms with Gasteiger partial charge in [-0.1, -0.05) is 0 Å². The molecule has 0 radical (unpaired) electrons. The molecule has 9 heteroatoms. The van der Waals surface area contributed by atoms with E-state index in [0.29, 0.717) is 42.9 Å². The van der Waals surface area contributed by atoms with Gasteiger partial charge in [-0.2, -0.15) is 5.26 Å². The van der Waals surface area contributed by atoms with Crippen LogP contribution in [0.15, 0.2) is 35.5 Å². The molecule has 162 valence electrons. The van der Waals surface area contributed by atoms with Crippen molar-refractivity contribution in [3.63, 3.8) is 0 Å². The normalized spacial score (nSPS) is 17.8. The van der Waals surface area contributed by atoms with Gasteiger partial charge in [-0.25, -0.2) is 13.4 Å². The van der Waals surface area contributed by atoms with Crippen LogP contribution in [0.25, 0.3) is 0 Å². The summed E-state index contributed by atoms with van der Waals surface area (Å²) in [6.07, 6.45) is 3.94. The van der Waals surface area contributed by atoms with Crippen molar-refractivity contribution in [1.29, 1.82) is 5.26 Å². The SMILES string of the molecule is Cc1cc(OCCN2CCC3(CC2)C(=O)Nc2ccc(C#N)cc23)cnc1S(C)(=O)=O. The third kappa shape index (κ3) is 4.01. The van der Waals surface area contributed by atoms with E-state index >= 15 is 0 Å². The zero-order valence-electron chi connectivity index (χ0n) is 17.5. The molecule has 0 aliphatic carbocycles. The maximum atomic E-state index is 12.8. The first kappa shape index (κ1) is 21.3. The van der Waals surface area contributed by atoms with Crippen LogP contribution >= 0.6 is 0 Å². The smallest absolute Gasteiger partial charge is 0.235 e. The van der Waals surface area contributed by atoms with Gasteiger partial charge in [0.1, 0.15) is 12.4 Å². The Hall–Kier alpha value is -2.96. The number of benzene rings is 1. The van der Waals surface area contributed by atoms with Crippen LogP contribution in [0, 0.1) is 18.3 Å². The Labute approximate surface area is 181 Å². The summed E-state index contributed by atoms with van der Waals surface area (Å²) in [5, 5.41) is 12.2. The van der Waals surface area contributed by atoms with E-state index in [1.807, 2.05) is 12.1 Å². The van der Waals surface area contributed by atoms with Crippen molar-refractivity contribution >= 4 is 21.4 Å². The number of aromatic nitrogens is 1. The van der Waals surface area contributed by atoms with E-state index in [2.05, 4.69) is 21.3 Å². The van der Waals surface area contributed by atoms with Gasteiger partial charge in [-0.3, -0.25) is 9.69 Å². The summed E-state index contributed by atoms with van der Waals surface area (Å²) in [7, 11) is -3.35. The third-order valence-electron chi connectivity index (χ3n) is 6.09. The van der Waals surface area contributed by atoms with Crippen LogP contribution in [0.5, 0.6) is 5.75 Å². The number of sulfone groups is 1. The number of piperidine rings is 1. The number of anilines is 1. The fourth-order valence-electron chi connectivity index (χ4n) is 4.43. The van der Waals surface area contributed by atoms with Gasteiger partial charge in [0.2, 0.25) is 5.91 Å². The molecule has 3 heterocycles. The van der Waals surface area contributed by atoms with E-state index in [1.165, 1.54) is 6.20 Å². The fourth-order valence-corrected chi connectivity index (χ4v) is 5.32. The number of hydrogen-bond acceptors (Lipinski definition) is 7. The van der Waals surface area contributed by atoms with Crippen molar-refractivity contribution in [3.05, 3.63) is 47.2 Å². The van der Waals surface area contributed by atoms with E-state index in [9.17, 15) is 18.5 Å². The number of nitriles is 1. The van der Waals surface area contributed by atoms with Crippen LogP contribution in [0.1, 0.15) is 29.5 Å². The molecule has 31 heavy (non-hydrogen) atoms. The summed E-state index contributed by atoms with van der Waals surface area (Å²) in [5.74, 6) is 0.549. The molecule has 1 fully saturated rings. The number of rotatable bonds is 5. The van der Waals surface area contributed by atoms with Crippen LogP contribution in [0.3, 0.4) is 0 Å². The molecule has 1 aromatic heterocycles. The Balaban J connectivity index is 1.35. The lowest BCUT2D eigenvalue weighted by Crippen LogP contribution is -2.47. The standard InChI is InChI=1S/C22H24N4O4S/c1-15-11-17(14-24-20(15)31(2,28)29)30-10-9-26-7-5-22(6-8-26)18-12-16(13-23)3-4-19(18)25-21(22)27/h3-4,11-12,14H,5-10H2,1-2H3,(H,25,27). The number of carbonyl (C=O) groups is 1. The van der Waals surface area contributed by atoms with Crippen molar-refractivity contribution < 1.29 is 17.9 Å². The highest BCUT2D eigenvalue weighted by atomic mass is 32.2. The molecule has 1 amide bonds. The van der Waals surface area contributed by atoms with Gasteiger partial charge >= 0.3 is 0 Å². The number of hydrogen-bond donors (Lipinski definition) is 1. The van der Waals surface area contributed by atoms with Crippen molar-refractivity contribution in [2.24, 2.45) is 0 Å². The maximum Gasteiger partial charge on any atom is 0.235 e. The number of nitrogens with zero attached hydrogens (tertiary/aromatic N) is 3.